The molecule has 1 amide bonds. The van der Waals surface area contributed by atoms with Gasteiger partial charge in [0.05, 0.1) is 39.9 Å². The number of aliphatic hydroxyl groups excluding tert-OH is 1. The van der Waals surface area contributed by atoms with Crippen molar-refractivity contribution in [3.63, 3.8) is 0 Å². The molecule has 0 saturated heterocycles. The Labute approximate surface area is 442 Å². The number of allylic oxidation sites excluding steroid dienone is 6. The SMILES string of the molecule is CCCCCCC/C=C\C/C=C\C/C=C\CCCCCCCCCCCCCCCCCCCCCCCCC(=O)NC(COP(=O)(O)OCC[N+](C)(C)C)C(O)CCCCCCCCCCCCCC. The third kappa shape index (κ3) is 56.3. The Morgan fingerprint density at radius 3 is 1.17 bits per heavy atom. The van der Waals surface area contributed by atoms with E-state index < -0.39 is 20.0 Å². The first-order valence-corrected chi connectivity index (χ1v) is 32.3. The van der Waals surface area contributed by atoms with Crippen molar-refractivity contribution in [2.45, 2.75) is 315 Å². The minimum atomic E-state index is -4.32. The molecule has 0 fully saturated rings. The number of carbonyl (C=O) groups excluding carboxylic acids is 1. The van der Waals surface area contributed by atoms with Crippen molar-refractivity contribution in [2.75, 3.05) is 40.9 Å². The molecule has 0 radical (unpaired) electrons. The molecule has 0 aromatic heterocycles. The normalized spacial score (nSPS) is 14.1. The van der Waals surface area contributed by atoms with Crippen LogP contribution in [0, 0.1) is 0 Å². The summed E-state index contributed by atoms with van der Waals surface area (Å²) in [6.07, 6.45) is 69.5. The van der Waals surface area contributed by atoms with E-state index in [1.54, 1.807) is 0 Å². The Bertz CT molecular complexity index is 1250. The van der Waals surface area contributed by atoms with E-state index in [0.717, 1.165) is 51.4 Å². The van der Waals surface area contributed by atoms with Crippen LogP contribution < -0.4 is 5.32 Å². The fourth-order valence-electron chi connectivity index (χ4n) is 9.29. The summed E-state index contributed by atoms with van der Waals surface area (Å²) in [6, 6.07) is -0.757. The molecule has 0 aliphatic rings. The molecule has 3 N–H and O–H groups in total. The van der Waals surface area contributed by atoms with Crippen LogP contribution in [0.4, 0.5) is 0 Å². The number of hydrogen-bond donors (Lipinski definition) is 3. The Hall–Kier alpha value is -1.28. The summed E-state index contributed by atoms with van der Waals surface area (Å²) in [5.41, 5.74) is 0. The third-order valence-electron chi connectivity index (χ3n) is 14.1. The second-order valence-electron chi connectivity index (χ2n) is 22.4. The van der Waals surface area contributed by atoms with Crippen LogP contribution in [0.25, 0.3) is 0 Å². The molecule has 0 rings (SSSR count). The van der Waals surface area contributed by atoms with Crippen molar-refractivity contribution >= 4 is 13.7 Å². The number of amides is 1. The number of nitrogens with one attached hydrogen (secondary N) is 1. The van der Waals surface area contributed by atoms with Crippen molar-refractivity contribution in [2.24, 2.45) is 0 Å². The molecular weight excluding hydrogens is 900 g/mol. The highest BCUT2D eigenvalue weighted by atomic mass is 31.2. The van der Waals surface area contributed by atoms with Gasteiger partial charge in [-0.1, -0.05) is 281 Å². The first-order valence-electron chi connectivity index (χ1n) is 30.9. The average Bonchev–Trinajstić information content (AvgIpc) is 3.33. The van der Waals surface area contributed by atoms with E-state index in [4.69, 9.17) is 9.05 Å². The van der Waals surface area contributed by atoms with Crippen LogP contribution in [0.2, 0.25) is 0 Å². The van der Waals surface area contributed by atoms with Gasteiger partial charge in [-0.05, 0) is 51.4 Å². The van der Waals surface area contributed by atoms with Gasteiger partial charge in [0.1, 0.15) is 13.2 Å². The van der Waals surface area contributed by atoms with Gasteiger partial charge >= 0.3 is 7.82 Å². The first-order chi connectivity index (χ1) is 34.5. The molecule has 9 heteroatoms. The molecule has 3 atom stereocenters. The highest BCUT2D eigenvalue weighted by molar-refractivity contribution is 7.47. The molecular formula is C62H122N2O6P+. The first kappa shape index (κ1) is 69.7. The van der Waals surface area contributed by atoms with Crippen LogP contribution >= 0.6 is 7.82 Å². The minimum Gasteiger partial charge on any atom is -0.391 e. The molecule has 0 spiro atoms. The van der Waals surface area contributed by atoms with E-state index in [9.17, 15) is 19.4 Å². The molecule has 0 heterocycles. The van der Waals surface area contributed by atoms with Crippen LogP contribution in [-0.4, -0.2) is 73.4 Å². The maximum absolute atomic E-state index is 13.0. The quantitative estimate of drug-likeness (QED) is 0.0243. The number of phosphoric acid groups is 1. The number of aliphatic hydroxyl groups is 1. The topological polar surface area (TPSA) is 105 Å². The van der Waals surface area contributed by atoms with Crippen LogP contribution in [0.5, 0.6) is 0 Å². The summed E-state index contributed by atoms with van der Waals surface area (Å²) in [5.74, 6) is -0.140. The maximum Gasteiger partial charge on any atom is 0.472 e. The van der Waals surface area contributed by atoms with Crippen LogP contribution in [0.15, 0.2) is 36.5 Å². The highest BCUT2D eigenvalue weighted by Crippen LogP contribution is 2.43. The third-order valence-corrected chi connectivity index (χ3v) is 15.1. The lowest BCUT2D eigenvalue weighted by atomic mass is 10.0. The van der Waals surface area contributed by atoms with Crippen molar-refractivity contribution in [1.82, 2.24) is 5.32 Å². The van der Waals surface area contributed by atoms with Gasteiger partial charge in [-0.25, -0.2) is 4.57 Å². The molecule has 0 saturated carbocycles. The van der Waals surface area contributed by atoms with Gasteiger partial charge in [-0.2, -0.15) is 0 Å². The maximum atomic E-state index is 13.0. The summed E-state index contributed by atoms with van der Waals surface area (Å²) >= 11 is 0. The largest absolute Gasteiger partial charge is 0.472 e. The molecule has 0 aromatic rings. The molecule has 0 aliphatic heterocycles. The Morgan fingerprint density at radius 1 is 0.479 bits per heavy atom. The fourth-order valence-corrected chi connectivity index (χ4v) is 10.0. The summed E-state index contributed by atoms with van der Waals surface area (Å²) in [5, 5.41) is 14.0. The van der Waals surface area contributed by atoms with Crippen molar-refractivity contribution in [1.29, 1.82) is 0 Å². The molecule has 71 heavy (non-hydrogen) atoms. The fraction of sp³-hybridized carbons (Fsp3) is 0.887. The minimum absolute atomic E-state index is 0.0766. The van der Waals surface area contributed by atoms with Crippen LogP contribution in [0.1, 0.15) is 303 Å². The molecule has 8 nitrogen and oxygen atoms in total. The molecule has 0 bridgehead atoms. The van der Waals surface area contributed by atoms with Gasteiger partial charge in [-0.3, -0.25) is 13.8 Å². The number of carbonyl (C=O) groups is 1. The van der Waals surface area contributed by atoms with E-state index in [-0.39, 0.29) is 19.1 Å². The Balaban J connectivity index is 3.88. The van der Waals surface area contributed by atoms with E-state index in [2.05, 4.69) is 55.6 Å². The number of likely N-dealkylation sites (N-methyl/N-ethyl adjacent to an activating group) is 1. The lowest BCUT2D eigenvalue weighted by Crippen LogP contribution is -2.46. The monoisotopic (exact) mass is 1020 g/mol. The lowest BCUT2D eigenvalue weighted by Gasteiger charge is -2.26. The van der Waals surface area contributed by atoms with E-state index >= 15 is 0 Å². The van der Waals surface area contributed by atoms with Gasteiger partial charge in [-0.15, -0.1) is 0 Å². The van der Waals surface area contributed by atoms with Gasteiger partial charge in [0.2, 0.25) is 5.91 Å². The summed E-state index contributed by atoms with van der Waals surface area (Å²) < 4.78 is 23.7. The second kappa shape index (κ2) is 53.5. The van der Waals surface area contributed by atoms with Crippen molar-refractivity contribution < 1.29 is 32.9 Å². The predicted octanol–water partition coefficient (Wildman–Crippen LogP) is 18.9. The van der Waals surface area contributed by atoms with E-state index in [1.807, 2.05) is 21.1 Å². The molecule has 0 aromatic carbocycles. The standard InChI is InChI=1S/C62H121N2O6P/c1-6-8-10-12-14-16-18-20-21-22-23-24-25-26-27-28-29-30-31-32-33-34-35-36-37-38-39-40-41-42-43-44-46-48-50-52-54-56-62(66)63-60(59-70-71(67,68)69-58-57-64(3,4)5)61(65)55-53-51-49-47-45-19-17-15-13-11-9-7-2/h18,20,22-23,25-26,60-61,65H,6-17,19,21,24,27-59H2,1-5H3,(H-,63,66,67,68)/p+1/b20-18-,23-22-,26-25-. The van der Waals surface area contributed by atoms with Crippen LogP contribution in [0.3, 0.4) is 0 Å². The predicted molar refractivity (Wildman–Crippen MR) is 309 cm³/mol. The van der Waals surface area contributed by atoms with Gasteiger partial charge in [0.25, 0.3) is 0 Å². The zero-order valence-corrected chi connectivity index (χ0v) is 48.9. The lowest BCUT2D eigenvalue weighted by molar-refractivity contribution is -0.870. The zero-order valence-electron chi connectivity index (χ0n) is 48.0. The smallest absolute Gasteiger partial charge is 0.391 e. The number of quaternary nitrogens is 1. The highest BCUT2D eigenvalue weighted by Gasteiger charge is 2.28. The number of nitrogens with zero attached hydrogens (tertiary/aromatic N) is 1. The van der Waals surface area contributed by atoms with Gasteiger partial charge in [0, 0.05) is 6.42 Å². The van der Waals surface area contributed by atoms with E-state index in [1.165, 1.54) is 225 Å². The van der Waals surface area contributed by atoms with Crippen molar-refractivity contribution in [3.8, 4) is 0 Å². The Morgan fingerprint density at radius 2 is 0.803 bits per heavy atom. The number of rotatable bonds is 57. The van der Waals surface area contributed by atoms with Gasteiger partial charge < -0.3 is 19.8 Å². The van der Waals surface area contributed by atoms with Crippen LogP contribution in [-0.2, 0) is 18.4 Å². The summed E-state index contributed by atoms with van der Waals surface area (Å²) in [6.45, 7) is 4.90. The molecule has 3 unspecified atom stereocenters. The number of unbranched alkanes of at least 4 members (excludes halogenated alkanes) is 38. The molecule has 420 valence electrons. The number of phosphoric ester groups is 1. The summed E-state index contributed by atoms with van der Waals surface area (Å²) in [7, 11) is 1.63. The van der Waals surface area contributed by atoms with Gasteiger partial charge in [0.15, 0.2) is 0 Å². The average molecular weight is 1020 g/mol. The van der Waals surface area contributed by atoms with Crippen molar-refractivity contribution in [3.05, 3.63) is 36.5 Å². The zero-order chi connectivity index (χ0) is 52.0. The number of hydrogen-bond acceptors (Lipinski definition) is 5. The second-order valence-corrected chi connectivity index (χ2v) is 23.9. The molecule has 0 aliphatic carbocycles. The van der Waals surface area contributed by atoms with E-state index in [0.29, 0.717) is 23.9 Å². The summed E-state index contributed by atoms with van der Waals surface area (Å²) in [4.78, 5) is 23.3. The Kier molecular flexibility index (Phi) is 52.6.